The molecule has 0 aliphatic heterocycles. The first-order valence-corrected chi connectivity index (χ1v) is 4.26. The maximum Gasteiger partial charge on any atom is 2.00 e. The Bertz CT molecular complexity index is 79.1. The summed E-state index contributed by atoms with van der Waals surface area (Å²) in [4.78, 5) is 9.18. The quantitative estimate of drug-likeness (QED) is 0.624. The zero-order chi connectivity index (χ0) is 11.3. The number of nitrogens with one attached hydrogen (secondary N) is 1. The molecule has 87 valence electrons. The van der Waals surface area contributed by atoms with Crippen LogP contribution in [0, 0.1) is 50.0 Å². The van der Waals surface area contributed by atoms with Crippen molar-refractivity contribution in [3.05, 3.63) is 18.9 Å². The van der Waals surface area contributed by atoms with Gasteiger partial charge in [0.05, 0.1) is 0 Å². The van der Waals surface area contributed by atoms with Gasteiger partial charge < -0.3 is 21.9 Å². The molecule has 1 radical (unpaired) electrons. The summed E-state index contributed by atoms with van der Waals surface area (Å²) in [5.41, 5.74) is 0. The fraction of sp³-hybridized carbons (Fsp3) is 0.636. The van der Waals surface area contributed by atoms with Crippen molar-refractivity contribution in [3.8, 4) is 0 Å². The van der Waals surface area contributed by atoms with E-state index in [-0.39, 0.29) is 56.2 Å². The first-order valence-electron chi connectivity index (χ1n) is 4.26. The van der Waals surface area contributed by atoms with Crippen molar-refractivity contribution in [2.24, 2.45) is 0 Å². The van der Waals surface area contributed by atoms with Gasteiger partial charge >= 0.3 is 49.7 Å². The second kappa shape index (κ2) is 29.5. The minimum absolute atomic E-state index is 0. The van der Waals surface area contributed by atoms with Crippen molar-refractivity contribution in [1.82, 2.24) is 5.32 Å². The summed E-state index contributed by atoms with van der Waals surface area (Å²) < 4.78 is 0. The van der Waals surface area contributed by atoms with Crippen LogP contribution in [0.4, 0.5) is 0 Å². The fourth-order valence-electron chi connectivity index (χ4n) is 0.0510. The van der Waals surface area contributed by atoms with Crippen LogP contribution in [0.2, 0.25) is 0 Å². The van der Waals surface area contributed by atoms with Crippen molar-refractivity contribution < 1.29 is 54.5 Å². The van der Waals surface area contributed by atoms with E-state index >= 15 is 0 Å². The topological polar surface area (TPSA) is 29.1 Å². The predicted molar refractivity (Wildman–Crippen MR) is 59.6 cm³/mol. The Morgan fingerprint density at radius 3 is 1.27 bits per heavy atom. The summed E-state index contributed by atoms with van der Waals surface area (Å²) in [6.45, 7) is 12.7. The molecule has 0 amide bonds. The Morgan fingerprint density at radius 1 is 1.07 bits per heavy atom. The van der Waals surface area contributed by atoms with Gasteiger partial charge in [0.25, 0.3) is 0 Å². The molecule has 0 rings (SSSR count). The summed E-state index contributed by atoms with van der Waals surface area (Å²) in [7, 11) is 3.16. The molecule has 0 aliphatic carbocycles. The molecule has 0 bridgehead atoms. The van der Waals surface area contributed by atoms with E-state index in [1.165, 1.54) is 11.8 Å². The van der Waals surface area contributed by atoms with Crippen LogP contribution in [0.1, 0.15) is 41.5 Å². The number of rotatable bonds is 2. The maximum atomic E-state index is 9.18. The molecule has 0 aromatic carbocycles. The standard InChI is InChI=1S/2C4H9.C3H5NO.U.V/c2*1-4(2)3;1-4-2-3-5;;/h2*1-3H3;4H,1-2H2;;/q2*-1;-2;2*+2. The SMILES string of the molecule is C[C-](C)C.C[C-](C)C.[CH2-]NC[C-]=O.[U+2].[V+2]. The van der Waals surface area contributed by atoms with E-state index in [0.29, 0.717) is 0 Å². The second-order valence-electron chi connectivity index (χ2n) is 3.57. The summed E-state index contributed by atoms with van der Waals surface area (Å²) >= 11 is 0. The normalized spacial score (nSPS) is 7.27. The Labute approximate surface area is 132 Å². The molecule has 1 N–H and O–H groups in total. The molecule has 0 atom stereocenters. The summed E-state index contributed by atoms with van der Waals surface area (Å²) in [6, 6.07) is 0. The third-order valence-electron chi connectivity index (χ3n) is 0.197. The molecule has 0 aromatic rings. The van der Waals surface area contributed by atoms with Crippen LogP contribution in [-0.2, 0) is 23.4 Å². The van der Waals surface area contributed by atoms with Gasteiger partial charge in [-0.05, 0) is 0 Å². The fourth-order valence-corrected chi connectivity index (χ4v) is 0.0510. The minimum atomic E-state index is 0. The Hall–Kier alpha value is 1.27. The predicted octanol–water partition coefficient (Wildman–Crippen LogP) is 2.72. The van der Waals surface area contributed by atoms with E-state index in [1.807, 2.05) is 0 Å². The monoisotopic (exact) mass is 474 g/mol. The molecule has 0 aromatic heterocycles. The molecular formula is C11H23NOUV. The Morgan fingerprint density at radius 2 is 1.27 bits per heavy atom. The van der Waals surface area contributed by atoms with Crippen LogP contribution in [0.25, 0.3) is 0 Å². The van der Waals surface area contributed by atoms with Gasteiger partial charge in [-0.1, -0.05) is 0 Å². The van der Waals surface area contributed by atoms with Gasteiger partial charge in [0, 0.05) is 0 Å². The summed E-state index contributed by atoms with van der Waals surface area (Å²) in [6.07, 6.45) is 1.59. The van der Waals surface area contributed by atoms with Crippen LogP contribution in [0.3, 0.4) is 0 Å². The average Bonchev–Trinajstić information content (AvgIpc) is 1.86. The number of hydrogen-bond acceptors (Lipinski definition) is 2. The number of hydrogen-bond donors (Lipinski definition) is 1. The molecule has 0 unspecified atom stereocenters. The van der Waals surface area contributed by atoms with E-state index in [2.05, 4.69) is 53.9 Å². The number of carbonyl (C=O) groups excluding carboxylic acids is 1. The maximum absolute atomic E-state index is 9.18. The molecule has 0 saturated heterocycles. The van der Waals surface area contributed by atoms with Crippen molar-refractivity contribution >= 4 is 6.29 Å². The molecule has 0 saturated carbocycles. The van der Waals surface area contributed by atoms with E-state index in [9.17, 15) is 4.79 Å². The van der Waals surface area contributed by atoms with E-state index in [4.69, 9.17) is 0 Å². The van der Waals surface area contributed by atoms with Gasteiger partial charge in [-0.15, -0.1) is 6.54 Å². The van der Waals surface area contributed by atoms with E-state index < -0.39 is 0 Å². The van der Waals surface area contributed by atoms with Gasteiger partial charge in [0.1, 0.15) is 0 Å². The van der Waals surface area contributed by atoms with Crippen molar-refractivity contribution in [3.63, 3.8) is 0 Å². The molecule has 2 nitrogen and oxygen atoms in total. The zero-order valence-electron chi connectivity index (χ0n) is 10.8. The van der Waals surface area contributed by atoms with Crippen LogP contribution in [0.5, 0.6) is 0 Å². The third kappa shape index (κ3) is 252. The molecule has 15 heavy (non-hydrogen) atoms. The molecule has 4 heteroatoms. The van der Waals surface area contributed by atoms with Crippen molar-refractivity contribution in [1.29, 1.82) is 0 Å². The van der Waals surface area contributed by atoms with E-state index in [0.717, 1.165) is 0 Å². The summed E-state index contributed by atoms with van der Waals surface area (Å²) in [5, 5.41) is 2.34. The van der Waals surface area contributed by atoms with Crippen molar-refractivity contribution in [2.45, 2.75) is 41.5 Å². The third-order valence-corrected chi connectivity index (χ3v) is 0.197. The molecule has 0 fully saturated rings. The Kier molecular flexibility index (Phi) is 58.7. The zero-order valence-corrected chi connectivity index (χ0v) is 16.3. The van der Waals surface area contributed by atoms with Crippen molar-refractivity contribution in [2.75, 3.05) is 6.54 Å². The first-order chi connectivity index (χ1) is 5.88. The van der Waals surface area contributed by atoms with Gasteiger partial charge in [-0.3, -0.25) is 13.3 Å². The molecule has 0 heterocycles. The average molecular weight is 474 g/mol. The van der Waals surface area contributed by atoms with Gasteiger partial charge in [0.15, 0.2) is 0 Å². The van der Waals surface area contributed by atoms with Crippen LogP contribution in [-0.4, -0.2) is 12.8 Å². The second-order valence-corrected chi connectivity index (χ2v) is 3.57. The molecule has 0 aliphatic rings. The Balaban J connectivity index is -0.0000000315. The molecular weight excluding hydrogens is 451 g/mol. The van der Waals surface area contributed by atoms with E-state index in [1.54, 1.807) is 6.29 Å². The summed E-state index contributed by atoms with van der Waals surface area (Å²) in [5.74, 6) is 2.83. The largest absolute Gasteiger partial charge is 2.00 e. The molecule has 0 spiro atoms. The van der Waals surface area contributed by atoms with Gasteiger partial charge in [-0.25, -0.2) is 0 Å². The first kappa shape index (κ1) is 29.9. The van der Waals surface area contributed by atoms with Gasteiger partial charge in [-0.2, -0.15) is 41.5 Å². The smallest absolute Gasteiger partial charge is 0.541 e. The van der Waals surface area contributed by atoms with Crippen LogP contribution >= 0.6 is 0 Å². The van der Waals surface area contributed by atoms with Crippen LogP contribution in [0.15, 0.2) is 0 Å². The van der Waals surface area contributed by atoms with Gasteiger partial charge in [0.2, 0.25) is 0 Å². The van der Waals surface area contributed by atoms with Crippen LogP contribution < -0.4 is 5.32 Å². The minimum Gasteiger partial charge on any atom is -0.541 e.